The molecule has 0 heterocycles. The number of aliphatic hydroxyl groups excluding tert-OH is 1. The fourth-order valence-electron chi connectivity index (χ4n) is 0.823. The lowest BCUT2D eigenvalue weighted by Gasteiger charge is -2.24. The third-order valence-corrected chi connectivity index (χ3v) is 1.48. The highest BCUT2D eigenvalue weighted by Gasteiger charge is 2.17. The molecule has 3 nitrogen and oxygen atoms in total. The van der Waals surface area contributed by atoms with Crippen molar-refractivity contribution in [2.24, 2.45) is 0 Å². The SMILES string of the molecule is C=CCN(C(=O)C(=C)C)C(O)C=C. The number of nitrogens with zero attached hydrogens (tertiary/aromatic N) is 1. The van der Waals surface area contributed by atoms with Gasteiger partial charge in [-0.05, 0) is 13.0 Å². The molecule has 0 aliphatic carbocycles. The molecular weight excluding hydrogens is 166 g/mol. The Morgan fingerprint density at radius 2 is 2.15 bits per heavy atom. The molecule has 0 aromatic rings. The summed E-state index contributed by atoms with van der Waals surface area (Å²) in [7, 11) is 0. The lowest BCUT2D eigenvalue weighted by atomic mass is 10.3. The number of hydrogen-bond acceptors (Lipinski definition) is 2. The van der Waals surface area contributed by atoms with Crippen LogP contribution in [0.15, 0.2) is 37.5 Å². The third kappa shape index (κ3) is 3.25. The first-order chi connectivity index (χ1) is 6.04. The highest BCUT2D eigenvalue weighted by atomic mass is 16.3. The standard InChI is InChI=1S/C10H15NO2/c1-5-7-11(9(12)6-2)10(13)8(3)4/h5-6,9,12H,1-3,7H2,4H3. The minimum Gasteiger partial charge on any atom is -0.370 e. The van der Waals surface area contributed by atoms with Crippen LogP contribution in [-0.2, 0) is 4.79 Å². The lowest BCUT2D eigenvalue weighted by Crippen LogP contribution is -2.39. The van der Waals surface area contributed by atoms with Crippen molar-refractivity contribution >= 4 is 5.91 Å². The van der Waals surface area contributed by atoms with Crippen molar-refractivity contribution < 1.29 is 9.90 Å². The summed E-state index contributed by atoms with van der Waals surface area (Å²) in [6.45, 7) is 12.3. The van der Waals surface area contributed by atoms with Gasteiger partial charge in [0.05, 0.1) is 0 Å². The monoisotopic (exact) mass is 181 g/mol. The first-order valence-corrected chi connectivity index (χ1v) is 3.92. The number of amides is 1. The number of carbonyl (C=O) groups excluding carboxylic acids is 1. The van der Waals surface area contributed by atoms with Gasteiger partial charge in [0, 0.05) is 12.1 Å². The number of aliphatic hydroxyl groups is 1. The summed E-state index contributed by atoms with van der Waals surface area (Å²) in [5.74, 6) is -0.299. The van der Waals surface area contributed by atoms with E-state index in [9.17, 15) is 9.90 Å². The summed E-state index contributed by atoms with van der Waals surface area (Å²) in [6.07, 6.45) is 1.83. The van der Waals surface area contributed by atoms with E-state index in [2.05, 4.69) is 19.7 Å². The summed E-state index contributed by atoms with van der Waals surface area (Å²) < 4.78 is 0. The zero-order chi connectivity index (χ0) is 10.4. The smallest absolute Gasteiger partial charge is 0.251 e. The lowest BCUT2D eigenvalue weighted by molar-refractivity contribution is -0.133. The normalized spacial score (nSPS) is 11.5. The Bertz CT molecular complexity index is 233. The van der Waals surface area contributed by atoms with Gasteiger partial charge in [-0.1, -0.05) is 19.2 Å². The van der Waals surface area contributed by atoms with Crippen molar-refractivity contribution in [3.63, 3.8) is 0 Å². The molecule has 0 saturated carbocycles. The Hall–Kier alpha value is -1.35. The van der Waals surface area contributed by atoms with Crippen LogP contribution in [0.5, 0.6) is 0 Å². The van der Waals surface area contributed by atoms with E-state index in [-0.39, 0.29) is 12.5 Å². The van der Waals surface area contributed by atoms with Gasteiger partial charge in [-0.3, -0.25) is 4.79 Å². The number of rotatable bonds is 5. The molecule has 13 heavy (non-hydrogen) atoms. The fraction of sp³-hybridized carbons (Fsp3) is 0.300. The van der Waals surface area contributed by atoms with Crippen LogP contribution in [0.1, 0.15) is 6.92 Å². The summed E-state index contributed by atoms with van der Waals surface area (Å²) in [5, 5.41) is 9.37. The minimum absolute atomic E-state index is 0.277. The average Bonchev–Trinajstić information content (AvgIpc) is 2.11. The van der Waals surface area contributed by atoms with Crippen LogP contribution < -0.4 is 0 Å². The quantitative estimate of drug-likeness (QED) is 0.391. The van der Waals surface area contributed by atoms with Crippen molar-refractivity contribution in [3.05, 3.63) is 37.5 Å². The molecular formula is C10H15NO2. The maximum Gasteiger partial charge on any atom is 0.251 e. The second kappa shape index (κ2) is 5.32. The van der Waals surface area contributed by atoms with Crippen LogP contribution in [0.3, 0.4) is 0 Å². The molecule has 0 bridgehead atoms. The van der Waals surface area contributed by atoms with E-state index < -0.39 is 6.23 Å². The van der Waals surface area contributed by atoms with E-state index in [1.54, 1.807) is 6.92 Å². The Labute approximate surface area is 78.7 Å². The van der Waals surface area contributed by atoms with Gasteiger partial charge in [-0.25, -0.2) is 0 Å². The van der Waals surface area contributed by atoms with Crippen molar-refractivity contribution in [2.45, 2.75) is 13.2 Å². The van der Waals surface area contributed by atoms with Crippen molar-refractivity contribution in [3.8, 4) is 0 Å². The topological polar surface area (TPSA) is 40.5 Å². The van der Waals surface area contributed by atoms with Crippen LogP contribution in [0.2, 0.25) is 0 Å². The summed E-state index contributed by atoms with van der Waals surface area (Å²) in [6, 6.07) is 0. The van der Waals surface area contributed by atoms with Crippen LogP contribution in [-0.4, -0.2) is 28.7 Å². The molecule has 0 aliphatic heterocycles. The average molecular weight is 181 g/mol. The van der Waals surface area contributed by atoms with Gasteiger partial charge in [0.2, 0.25) is 0 Å². The molecule has 0 spiro atoms. The molecule has 3 heteroatoms. The van der Waals surface area contributed by atoms with Gasteiger partial charge in [0.25, 0.3) is 5.91 Å². The molecule has 1 atom stereocenters. The molecule has 0 rings (SSSR count). The van der Waals surface area contributed by atoms with Crippen LogP contribution in [0, 0.1) is 0 Å². The van der Waals surface area contributed by atoms with Crippen LogP contribution in [0.4, 0.5) is 0 Å². The highest BCUT2D eigenvalue weighted by Crippen LogP contribution is 2.03. The van der Waals surface area contributed by atoms with Gasteiger partial charge in [-0.15, -0.1) is 6.58 Å². The van der Waals surface area contributed by atoms with Gasteiger partial charge >= 0.3 is 0 Å². The molecule has 72 valence electrons. The van der Waals surface area contributed by atoms with Crippen LogP contribution >= 0.6 is 0 Å². The molecule has 1 N–H and O–H groups in total. The number of hydrogen-bond donors (Lipinski definition) is 1. The van der Waals surface area contributed by atoms with E-state index >= 15 is 0 Å². The first-order valence-electron chi connectivity index (χ1n) is 3.92. The van der Waals surface area contributed by atoms with E-state index in [1.165, 1.54) is 17.1 Å². The second-order valence-corrected chi connectivity index (χ2v) is 2.68. The van der Waals surface area contributed by atoms with Crippen molar-refractivity contribution in [2.75, 3.05) is 6.54 Å². The second-order valence-electron chi connectivity index (χ2n) is 2.68. The highest BCUT2D eigenvalue weighted by molar-refractivity contribution is 5.92. The van der Waals surface area contributed by atoms with Gasteiger partial charge in [0.1, 0.15) is 6.23 Å². The molecule has 0 fully saturated rings. The fourth-order valence-corrected chi connectivity index (χ4v) is 0.823. The Morgan fingerprint density at radius 3 is 2.46 bits per heavy atom. The third-order valence-electron chi connectivity index (χ3n) is 1.48. The molecule has 1 unspecified atom stereocenters. The molecule has 0 aliphatic rings. The molecule has 0 aromatic carbocycles. The van der Waals surface area contributed by atoms with Crippen LogP contribution in [0.25, 0.3) is 0 Å². The van der Waals surface area contributed by atoms with Gasteiger partial charge < -0.3 is 10.0 Å². The molecule has 0 aromatic heterocycles. The minimum atomic E-state index is -0.984. The molecule has 0 radical (unpaired) electrons. The molecule has 0 saturated heterocycles. The Kier molecular flexibility index (Phi) is 4.77. The van der Waals surface area contributed by atoms with Gasteiger partial charge in [-0.2, -0.15) is 0 Å². The first kappa shape index (κ1) is 11.6. The Morgan fingerprint density at radius 1 is 1.62 bits per heavy atom. The summed E-state index contributed by atoms with van der Waals surface area (Å²) in [5.41, 5.74) is 0.378. The van der Waals surface area contributed by atoms with Crippen molar-refractivity contribution in [1.29, 1.82) is 0 Å². The number of carbonyl (C=O) groups is 1. The maximum absolute atomic E-state index is 11.4. The van der Waals surface area contributed by atoms with E-state index in [1.807, 2.05) is 0 Å². The van der Waals surface area contributed by atoms with Crippen molar-refractivity contribution in [1.82, 2.24) is 4.90 Å². The summed E-state index contributed by atoms with van der Waals surface area (Å²) in [4.78, 5) is 12.6. The van der Waals surface area contributed by atoms with Gasteiger partial charge in [0.15, 0.2) is 0 Å². The largest absolute Gasteiger partial charge is 0.370 e. The maximum atomic E-state index is 11.4. The molecule has 1 amide bonds. The Balaban J connectivity index is 4.58. The summed E-state index contributed by atoms with van der Waals surface area (Å²) >= 11 is 0. The zero-order valence-corrected chi connectivity index (χ0v) is 7.86. The predicted octanol–water partition coefficient (Wildman–Crippen LogP) is 1.08. The van der Waals surface area contributed by atoms with E-state index in [0.717, 1.165) is 0 Å². The van der Waals surface area contributed by atoms with E-state index in [0.29, 0.717) is 5.57 Å². The van der Waals surface area contributed by atoms with E-state index in [4.69, 9.17) is 0 Å². The predicted molar refractivity (Wildman–Crippen MR) is 52.9 cm³/mol. The zero-order valence-electron chi connectivity index (χ0n) is 7.86.